The third-order valence-corrected chi connectivity index (χ3v) is 3.36. The van der Waals surface area contributed by atoms with E-state index >= 15 is 0 Å². The van der Waals surface area contributed by atoms with Crippen molar-refractivity contribution in [1.82, 2.24) is 0 Å². The summed E-state index contributed by atoms with van der Waals surface area (Å²) in [5.74, 6) is -49.4. The topological polar surface area (TPSA) is 0 Å². The Hall–Kier alpha value is -0.460. The molecule has 0 aliphatic heterocycles. The number of hydrogen-bond acceptors (Lipinski definition) is 0. The van der Waals surface area contributed by atoms with Crippen LogP contribution in [0.5, 0.6) is 0 Å². The molecule has 0 fully saturated rings. The molecule has 0 aromatic rings. The molecular weight excluding hydrogens is 548 g/mol. The standard InChI is InChI=1S/C8F17I/c9-1(10,3(13,14)5(17,18)7(21,22)23)2(11,12)4(15,16)6(19,20)8(24,25)26/i8+2. The minimum atomic E-state index is -8.56. The second-order valence-electron chi connectivity index (χ2n) is 4.44. The van der Waals surface area contributed by atoms with Crippen molar-refractivity contribution in [3.63, 3.8) is 0 Å². The highest BCUT2D eigenvalue weighted by Gasteiger charge is 2.95. The molecule has 0 saturated carbocycles. The Morgan fingerprint density at radius 1 is 0.423 bits per heavy atom. The second-order valence-corrected chi connectivity index (χ2v) is 5.80. The Bertz CT molecular complexity index is 474. The lowest BCUT2D eigenvalue weighted by molar-refractivity contribution is -0.457. The SMILES string of the molecule is FC(F)(F)C(F)(F)C(F)(F)C(F)(F)C(F)(F)C(F)(F)C(F)(F)[14C](F)(F)I. The first-order valence-electron chi connectivity index (χ1n) is 5.15. The Balaban J connectivity index is 6.61. The maximum atomic E-state index is 12.9. The molecule has 0 nitrogen and oxygen atoms in total. The van der Waals surface area contributed by atoms with E-state index in [1.54, 1.807) is 0 Å². The molecule has 0 aliphatic carbocycles. The Kier molecular flexibility index (Phi) is 5.91. The van der Waals surface area contributed by atoms with E-state index in [1.807, 2.05) is 0 Å². The molecule has 0 radical (unpaired) electrons. The first-order chi connectivity index (χ1) is 10.8. The zero-order chi connectivity index (χ0) is 22.0. The van der Waals surface area contributed by atoms with Gasteiger partial charge in [-0.05, 0) is 0 Å². The van der Waals surface area contributed by atoms with Gasteiger partial charge in [0, 0.05) is 22.6 Å². The minimum Gasteiger partial charge on any atom is -0.192 e. The van der Waals surface area contributed by atoms with E-state index < -0.39 is 68.2 Å². The van der Waals surface area contributed by atoms with Crippen molar-refractivity contribution in [2.45, 2.75) is 45.6 Å². The molecule has 0 aliphatic rings. The molecule has 0 heterocycles. The molecule has 0 atom stereocenters. The number of hydrogen-bond donors (Lipinski definition) is 0. The molecule has 0 amide bonds. The van der Waals surface area contributed by atoms with Crippen LogP contribution >= 0.6 is 22.6 Å². The third kappa shape index (κ3) is 3.06. The number of halogens is 18. The van der Waals surface area contributed by atoms with Gasteiger partial charge in [0.15, 0.2) is 0 Å². The van der Waals surface area contributed by atoms with Gasteiger partial charge in [0.25, 0.3) is 0 Å². The summed E-state index contributed by atoms with van der Waals surface area (Å²) in [5.41, 5.74) is 0. The molecule has 158 valence electrons. The molecule has 0 saturated heterocycles. The van der Waals surface area contributed by atoms with Gasteiger partial charge in [-0.25, -0.2) is 0 Å². The largest absolute Gasteiger partial charge is 0.460 e. The Morgan fingerprint density at radius 2 is 0.654 bits per heavy atom. The van der Waals surface area contributed by atoms with E-state index in [0.717, 1.165) is 0 Å². The van der Waals surface area contributed by atoms with E-state index in [1.165, 1.54) is 0 Å². The summed E-state index contributed by atoms with van der Waals surface area (Å²) in [5, 5.41) is 0. The second kappa shape index (κ2) is 6.02. The third-order valence-electron chi connectivity index (χ3n) is 2.68. The summed E-state index contributed by atoms with van der Waals surface area (Å²) in [6.45, 7) is 0. The van der Waals surface area contributed by atoms with Crippen molar-refractivity contribution < 1.29 is 74.6 Å². The van der Waals surface area contributed by atoms with Gasteiger partial charge in [-0.1, -0.05) is 0 Å². The van der Waals surface area contributed by atoms with Gasteiger partial charge in [-0.15, -0.1) is 0 Å². The average Bonchev–Trinajstić information content (AvgIpc) is 2.34. The summed E-state index contributed by atoms with van der Waals surface area (Å²) in [6, 6.07) is 0. The van der Waals surface area contributed by atoms with Crippen LogP contribution in [0, 0.1) is 0 Å². The van der Waals surface area contributed by atoms with Gasteiger partial charge in [0.05, 0.1) is 0 Å². The van der Waals surface area contributed by atoms with Crippen molar-refractivity contribution in [2.75, 3.05) is 0 Å². The highest BCUT2D eigenvalue weighted by atomic mass is 127. The van der Waals surface area contributed by atoms with Gasteiger partial charge < -0.3 is 0 Å². The molecule has 26 heavy (non-hydrogen) atoms. The van der Waals surface area contributed by atoms with Crippen molar-refractivity contribution in [2.24, 2.45) is 0 Å². The summed E-state index contributed by atoms with van der Waals surface area (Å²) in [4.78, 5) is 0. The molecule has 0 rings (SSSR count). The zero-order valence-electron chi connectivity index (χ0n) is 10.8. The smallest absolute Gasteiger partial charge is 0.192 e. The number of alkyl halides is 18. The van der Waals surface area contributed by atoms with Crippen LogP contribution in [0.4, 0.5) is 74.6 Å². The first kappa shape index (κ1) is 25.5. The lowest BCUT2D eigenvalue weighted by atomic mass is 9.93. The summed E-state index contributed by atoms with van der Waals surface area (Å²) < 4.78 is 206. The zero-order valence-corrected chi connectivity index (χ0v) is 13.0. The van der Waals surface area contributed by atoms with Crippen LogP contribution in [0.3, 0.4) is 0 Å². The Morgan fingerprint density at radius 3 is 0.885 bits per heavy atom. The van der Waals surface area contributed by atoms with Crippen LogP contribution in [0.1, 0.15) is 0 Å². The van der Waals surface area contributed by atoms with E-state index in [2.05, 4.69) is 0 Å². The van der Waals surface area contributed by atoms with Crippen LogP contribution < -0.4 is 0 Å². The van der Waals surface area contributed by atoms with Crippen LogP contribution in [0.25, 0.3) is 0 Å². The van der Waals surface area contributed by atoms with Crippen LogP contribution in [0.15, 0.2) is 0 Å². The molecular formula is C8F17I. The predicted octanol–water partition coefficient (Wildman–Crippen LogP) is 6.39. The quantitative estimate of drug-likeness (QED) is 0.205. The predicted molar refractivity (Wildman–Crippen MR) is 54.7 cm³/mol. The van der Waals surface area contributed by atoms with Gasteiger partial charge in [0.1, 0.15) is 0 Å². The van der Waals surface area contributed by atoms with E-state index in [-0.39, 0.29) is 0 Å². The minimum absolute atomic E-state index is 0.994. The van der Waals surface area contributed by atoms with E-state index in [9.17, 15) is 74.6 Å². The average molecular weight is 548 g/mol. The van der Waals surface area contributed by atoms with Gasteiger partial charge in [-0.3, -0.25) is 0 Å². The first-order valence-corrected chi connectivity index (χ1v) is 6.23. The Labute approximate surface area is 143 Å². The molecule has 0 aromatic carbocycles. The maximum Gasteiger partial charge on any atom is 0.460 e. The fourth-order valence-corrected chi connectivity index (χ4v) is 1.48. The molecule has 0 N–H and O–H groups in total. The van der Waals surface area contributed by atoms with Crippen LogP contribution in [0.2, 0.25) is 0 Å². The normalized spacial score (nSPS) is 16.8. The van der Waals surface area contributed by atoms with Crippen molar-refractivity contribution in [3.8, 4) is 0 Å². The van der Waals surface area contributed by atoms with Gasteiger partial charge >= 0.3 is 45.6 Å². The lowest BCUT2D eigenvalue weighted by Gasteiger charge is -2.42. The molecule has 0 spiro atoms. The van der Waals surface area contributed by atoms with Gasteiger partial charge in [0.2, 0.25) is 0 Å². The molecule has 18 heteroatoms. The fourth-order valence-electron chi connectivity index (χ4n) is 1.14. The summed E-state index contributed by atoms with van der Waals surface area (Å²) in [7, 11) is 0. The van der Waals surface area contributed by atoms with E-state index in [4.69, 9.17) is 0 Å². The van der Waals surface area contributed by atoms with Crippen LogP contribution in [-0.2, 0) is 0 Å². The highest BCUT2D eigenvalue weighted by molar-refractivity contribution is 14.1. The lowest BCUT2D eigenvalue weighted by Crippen LogP contribution is -2.74. The summed E-state index contributed by atoms with van der Waals surface area (Å²) >= 11 is -0.994. The molecule has 0 unspecified atom stereocenters. The maximum absolute atomic E-state index is 12.9. The number of rotatable bonds is 6. The van der Waals surface area contributed by atoms with E-state index in [0.29, 0.717) is 0 Å². The monoisotopic (exact) mass is 548 g/mol. The molecule has 0 bridgehead atoms. The molecule has 0 aromatic heterocycles. The van der Waals surface area contributed by atoms with Crippen molar-refractivity contribution >= 4 is 22.6 Å². The summed E-state index contributed by atoms with van der Waals surface area (Å²) in [6.07, 6.45) is -7.74. The van der Waals surface area contributed by atoms with Crippen LogP contribution in [-0.4, -0.2) is 45.6 Å². The fraction of sp³-hybridized carbons (Fsp3) is 1.00. The highest BCUT2D eigenvalue weighted by Crippen LogP contribution is 2.64. The van der Waals surface area contributed by atoms with Crippen molar-refractivity contribution in [1.29, 1.82) is 0 Å². The van der Waals surface area contributed by atoms with Gasteiger partial charge in [-0.2, -0.15) is 74.6 Å². The van der Waals surface area contributed by atoms with Crippen molar-refractivity contribution in [3.05, 3.63) is 0 Å².